The summed E-state index contributed by atoms with van der Waals surface area (Å²) >= 11 is 0. The lowest BCUT2D eigenvalue weighted by molar-refractivity contribution is -0.128. The van der Waals surface area contributed by atoms with Crippen molar-refractivity contribution >= 4 is 11.8 Å². The summed E-state index contributed by atoms with van der Waals surface area (Å²) in [6.45, 7) is 9.00. The quantitative estimate of drug-likeness (QED) is 0.930. The molecular formula is C17H25N3O2. The topological polar surface area (TPSA) is 62.3 Å². The third kappa shape index (κ3) is 2.98. The molecule has 1 aliphatic heterocycles. The fraction of sp³-hybridized carbons (Fsp3) is 0.588. The van der Waals surface area contributed by atoms with Crippen LogP contribution >= 0.6 is 0 Å². The summed E-state index contributed by atoms with van der Waals surface area (Å²) in [6, 6.07) is 3.77. The number of carbonyl (C=O) groups is 2. The Balaban J connectivity index is 2.18. The van der Waals surface area contributed by atoms with Gasteiger partial charge in [0, 0.05) is 25.8 Å². The average Bonchev–Trinajstić information content (AvgIpc) is 2.89. The van der Waals surface area contributed by atoms with Crippen molar-refractivity contribution in [3.05, 3.63) is 29.1 Å². The van der Waals surface area contributed by atoms with Crippen molar-refractivity contribution in [2.75, 3.05) is 20.1 Å². The lowest BCUT2D eigenvalue weighted by Crippen LogP contribution is -2.40. The third-order valence-corrected chi connectivity index (χ3v) is 4.47. The number of aromatic nitrogens is 1. The van der Waals surface area contributed by atoms with E-state index in [2.05, 4.69) is 24.1 Å². The van der Waals surface area contributed by atoms with Gasteiger partial charge >= 0.3 is 0 Å². The van der Waals surface area contributed by atoms with Crippen LogP contribution in [0.1, 0.15) is 54.9 Å². The standard InChI is InChI=1S/C17H25N3O2/c1-11(2)14-7-6-13(12(3)19-14)15(21)20-9-8-17(4,10-20)16(22)18-5/h6-7,11H,8-10H2,1-5H3,(H,18,22). The van der Waals surface area contributed by atoms with Gasteiger partial charge in [0.2, 0.25) is 5.91 Å². The van der Waals surface area contributed by atoms with Gasteiger partial charge in [0.05, 0.1) is 16.7 Å². The van der Waals surface area contributed by atoms with Crippen LogP contribution in [-0.2, 0) is 4.79 Å². The number of hydrogen-bond acceptors (Lipinski definition) is 3. The number of nitrogens with zero attached hydrogens (tertiary/aromatic N) is 2. The van der Waals surface area contributed by atoms with E-state index in [0.29, 0.717) is 31.0 Å². The maximum atomic E-state index is 12.7. The van der Waals surface area contributed by atoms with Crippen LogP contribution in [0.15, 0.2) is 12.1 Å². The molecule has 0 aliphatic carbocycles. The molecule has 0 saturated carbocycles. The lowest BCUT2D eigenvalue weighted by Gasteiger charge is -2.23. The third-order valence-electron chi connectivity index (χ3n) is 4.47. The Morgan fingerprint density at radius 3 is 2.59 bits per heavy atom. The zero-order valence-electron chi connectivity index (χ0n) is 14.1. The van der Waals surface area contributed by atoms with Gasteiger partial charge in [-0.15, -0.1) is 0 Å². The van der Waals surface area contributed by atoms with Gasteiger partial charge in [-0.3, -0.25) is 14.6 Å². The second-order valence-corrected chi connectivity index (χ2v) is 6.64. The number of likely N-dealkylation sites (tertiary alicyclic amines) is 1. The molecule has 1 saturated heterocycles. The zero-order valence-corrected chi connectivity index (χ0v) is 14.1. The number of nitrogens with one attached hydrogen (secondary N) is 1. The lowest BCUT2D eigenvalue weighted by atomic mass is 9.89. The molecule has 2 rings (SSSR count). The molecule has 1 unspecified atom stereocenters. The molecule has 1 atom stereocenters. The van der Waals surface area contributed by atoms with Crippen LogP contribution in [0.25, 0.3) is 0 Å². The molecule has 1 aliphatic rings. The van der Waals surface area contributed by atoms with E-state index in [1.165, 1.54) is 0 Å². The minimum absolute atomic E-state index is 0.00666. The van der Waals surface area contributed by atoms with Crippen LogP contribution in [0.2, 0.25) is 0 Å². The van der Waals surface area contributed by atoms with E-state index in [-0.39, 0.29) is 11.8 Å². The van der Waals surface area contributed by atoms with Crippen LogP contribution < -0.4 is 5.32 Å². The fourth-order valence-electron chi connectivity index (χ4n) is 2.92. The van der Waals surface area contributed by atoms with Gasteiger partial charge in [-0.1, -0.05) is 13.8 Å². The van der Waals surface area contributed by atoms with E-state index >= 15 is 0 Å². The highest BCUT2D eigenvalue weighted by Crippen LogP contribution is 2.31. The highest BCUT2D eigenvalue weighted by atomic mass is 16.2. The average molecular weight is 303 g/mol. The van der Waals surface area contributed by atoms with Gasteiger partial charge in [0.15, 0.2) is 0 Å². The maximum Gasteiger partial charge on any atom is 0.255 e. The normalized spacial score (nSPS) is 21.3. The summed E-state index contributed by atoms with van der Waals surface area (Å²) in [7, 11) is 1.64. The van der Waals surface area contributed by atoms with Gasteiger partial charge in [0.1, 0.15) is 0 Å². The number of hydrogen-bond donors (Lipinski definition) is 1. The summed E-state index contributed by atoms with van der Waals surface area (Å²) < 4.78 is 0. The Morgan fingerprint density at radius 1 is 1.36 bits per heavy atom. The summed E-state index contributed by atoms with van der Waals surface area (Å²) in [4.78, 5) is 31.0. The van der Waals surface area contributed by atoms with Crippen molar-refractivity contribution in [1.82, 2.24) is 15.2 Å². The van der Waals surface area contributed by atoms with Crippen LogP contribution in [0.5, 0.6) is 0 Å². The molecule has 2 heterocycles. The van der Waals surface area contributed by atoms with Gasteiger partial charge in [-0.25, -0.2) is 0 Å². The Morgan fingerprint density at radius 2 is 2.05 bits per heavy atom. The van der Waals surface area contributed by atoms with Crippen molar-refractivity contribution in [1.29, 1.82) is 0 Å². The first-order valence-electron chi connectivity index (χ1n) is 7.77. The van der Waals surface area contributed by atoms with Crippen molar-refractivity contribution in [2.24, 2.45) is 5.41 Å². The molecule has 120 valence electrons. The highest BCUT2D eigenvalue weighted by Gasteiger charge is 2.41. The molecule has 22 heavy (non-hydrogen) atoms. The largest absolute Gasteiger partial charge is 0.359 e. The minimum Gasteiger partial charge on any atom is -0.359 e. The maximum absolute atomic E-state index is 12.7. The van der Waals surface area contributed by atoms with Crippen LogP contribution in [-0.4, -0.2) is 41.8 Å². The predicted octanol–water partition coefficient (Wildman–Crippen LogP) is 2.11. The van der Waals surface area contributed by atoms with Gasteiger partial charge in [-0.05, 0) is 38.3 Å². The van der Waals surface area contributed by atoms with E-state index in [4.69, 9.17) is 0 Å². The number of aryl methyl sites for hydroxylation is 1. The summed E-state index contributed by atoms with van der Waals surface area (Å²) in [5.74, 6) is 0.298. The highest BCUT2D eigenvalue weighted by molar-refractivity contribution is 5.96. The van der Waals surface area contributed by atoms with Crippen LogP contribution in [0.4, 0.5) is 0 Å². The van der Waals surface area contributed by atoms with Crippen molar-refractivity contribution < 1.29 is 9.59 Å². The smallest absolute Gasteiger partial charge is 0.255 e. The Kier molecular flexibility index (Phi) is 4.54. The van der Waals surface area contributed by atoms with Crippen LogP contribution in [0.3, 0.4) is 0 Å². The first-order chi connectivity index (χ1) is 10.3. The molecule has 1 aromatic heterocycles. The van der Waals surface area contributed by atoms with E-state index < -0.39 is 5.41 Å². The molecule has 0 bridgehead atoms. The monoisotopic (exact) mass is 303 g/mol. The number of rotatable bonds is 3. The number of amides is 2. The van der Waals surface area contributed by atoms with Crippen LogP contribution in [0, 0.1) is 12.3 Å². The molecule has 0 radical (unpaired) electrons. The van der Waals surface area contributed by atoms with Gasteiger partial charge < -0.3 is 10.2 Å². The molecule has 1 fully saturated rings. The summed E-state index contributed by atoms with van der Waals surface area (Å²) in [5, 5.41) is 2.69. The minimum atomic E-state index is -0.496. The van der Waals surface area contributed by atoms with E-state index in [0.717, 1.165) is 11.4 Å². The fourth-order valence-corrected chi connectivity index (χ4v) is 2.92. The molecule has 1 aromatic rings. The number of carbonyl (C=O) groups excluding carboxylic acids is 2. The molecule has 5 nitrogen and oxygen atoms in total. The number of pyridine rings is 1. The van der Waals surface area contributed by atoms with E-state index in [1.54, 1.807) is 11.9 Å². The Labute approximate surface area is 132 Å². The van der Waals surface area contributed by atoms with Gasteiger partial charge in [-0.2, -0.15) is 0 Å². The van der Waals surface area contributed by atoms with E-state index in [9.17, 15) is 9.59 Å². The Bertz CT molecular complexity index is 598. The van der Waals surface area contributed by atoms with E-state index in [1.807, 2.05) is 26.0 Å². The predicted molar refractivity (Wildman–Crippen MR) is 85.8 cm³/mol. The zero-order chi connectivity index (χ0) is 16.5. The van der Waals surface area contributed by atoms with Crippen molar-refractivity contribution in [2.45, 2.75) is 40.0 Å². The molecule has 5 heteroatoms. The first kappa shape index (κ1) is 16.5. The molecule has 2 amide bonds. The van der Waals surface area contributed by atoms with Gasteiger partial charge in [0.25, 0.3) is 5.91 Å². The van der Waals surface area contributed by atoms with Crippen molar-refractivity contribution in [3.63, 3.8) is 0 Å². The summed E-state index contributed by atoms with van der Waals surface area (Å²) in [6.07, 6.45) is 0.689. The molecule has 0 aromatic carbocycles. The molecule has 1 N–H and O–H groups in total. The second-order valence-electron chi connectivity index (χ2n) is 6.64. The second kappa shape index (κ2) is 6.07. The Hall–Kier alpha value is -1.91. The SMILES string of the molecule is CNC(=O)C1(C)CCN(C(=O)c2ccc(C(C)C)nc2C)C1. The molecule has 0 spiro atoms. The summed E-state index contributed by atoms with van der Waals surface area (Å²) in [5.41, 5.74) is 1.88. The van der Waals surface area contributed by atoms with Crippen molar-refractivity contribution in [3.8, 4) is 0 Å². The first-order valence-corrected chi connectivity index (χ1v) is 7.77. The molecular weight excluding hydrogens is 278 g/mol.